The van der Waals surface area contributed by atoms with Crippen molar-refractivity contribution in [3.63, 3.8) is 0 Å². The molecule has 31 heavy (non-hydrogen) atoms. The number of nitrogens with zero attached hydrogens (tertiary/aromatic N) is 2. The number of rotatable bonds is 6. The summed E-state index contributed by atoms with van der Waals surface area (Å²) in [6, 6.07) is 12.5. The predicted octanol–water partition coefficient (Wildman–Crippen LogP) is 4.67. The molecule has 2 heterocycles. The fourth-order valence-corrected chi connectivity index (χ4v) is 3.84. The van der Waals surface area contributed by atoms with Crippen LogP contribution in [0.1, 0.15) is 35.5 Å². The predicted molar refractivity (Wildman–Crippen MR) is 110 cm³/mol. The minimum Gasteiger partial charge on any atom is -0.441 e. The van der Waals surface area contributed by atoms with E-state index >= 15 is 0 Å². The van der Waals surface area contributed by atoms with Crippen LogP contribution in [0.4, 0.5) is 8.78 Å². The van der Waals surface area contributed by atoms with Crippen LogP contribution in [0.3, 0.4) is 0 Å². The second-order valence-electron chi connectivity index (χ2n) is 7.63. The Morgan fingerprint density at radius 3 is 2.52 bits per heavy atom. The van der Waals surface area contributed by atoms with Gasteiger partial charge in [0.1, 0.15) is 11.6 Å². The Balaban J connectivity index is 1.28. The normalized spacial score (nSPS) is 14.6. The molecule has 0 unspecified atom stereocenters. The van der Waals surface area contributed by atoms with Gasteiger partial charge in [0, 0.05) is 43.5 Å². The largest absolute Gasteiger partial charge is 0.441 e. The van der Waals surface area contributed by atoms with Crippen LogP contribution < -0.4 is 0 Å². The number of likely N-dealkylation sites (tertiary alicyclic amines) is 1. The van der Waals surface area contributed by atoms with Crippen molar-refractivity contribution in [3.05, 3.63) is 77.8 Å². The molecular formula is C24H22F2N2O3. The van der Waals surface area contributed by atoms with Crippen LogP contribution in [-0.4, -0.2) is 34.7 Å². The highest BCUT2D eigenvalue weighted by molar-refractivity contribution is 5.98. The van der Waals surface area contributed by atoms with Gasteiger partial charge in [0.05, 0.1) is 11.8 Å². The second-order valence-corrected chi connectivity index (χ2v) is 7.63. The number of ketones is 1. The van der Waals surface area contributed by atoms with Crippen LogP contribution in [0.2, 0.25) is 0 Å². The topological polar surface area (TPSA) is 63.4 Å². The van der Waals surface area contributed by atoms with Crippen molar-refractivity contribution >= 4 is 11.7 Å². The molecule has 160 valence electrons. The molecule has 3 aromatic rings. The highest BCUT2D eigenvalue weighted by atomic mass is 19.1. The minimum atomic E-state index is -0.730. The van der Waals surface area contributed by atoms with Gasteiger partial charge in [-0.1, -0.05) is 30.3 Å². The molecule has 0 aliphatic carbocycles. The van der Waals surface area contributed by atoms with Crippen LogP contribution in [-0.2, 0) is 11.2 Å². The van der Waals surface area contributed by atoms with Crippen LogP contribution in [0.25, 0.3) is 11.3 Å². The van der Waals surface area contributed by atoms with Crippen LogP contribution in [0.15, 0.2) is 59.1 Å². The van der Waals surface area contributed by atoms with Crippen LogP contribution in [0, 0.1) is 17.6 Å². The molecule has 0 bridgehead atoms. The van der Waals surface area contributed by atoms with Crippen LogP contribution in [0.5, 0.6) is 0 Å². The molecule has 0 N–H and O–H groups in total. The van der Waals surface area contributed by atoms with Gasteiger partial charge in [0.2, 0.25) is 5.91 Å². The number of aromatic nitrogens is 1. The summed E-state index contributed by atoms with van der Waals surface area (Å²) in [5, 5.41) is 0. The molecule has 1 fully saturated rings. The summed E-state index contributed by atoms with van der Waals surface area (Å²) < 4.78 is 32.5. The maximum Gasteiger partial charge on any atom is 0.223 e. The van der Waals surface area contributed by atoms with Gasteiger partial charge in [-0.05, 0) is 25.0 Å². The molecule has 0 spiro atoms. The summed E-state index contributed by atoms with van der Waals surface area (Å²) in [5.74, 6) is -0.841. The van der Waals surface area contributed by atoms with Crippen molar-refractivity contribution in [3.8, 4) is 11.3 Å². The molecule has 1 aromatic heterocycles. The number of hydrogen-bond donors (Lipinski definition) is 0. The maximum absolute atomic E-state index is 13.9. The van der Waals surface area contributed by atoms with Crippen molar-refractivity contribution in [2.45, 2.75) is 25.7 Å². The lowest BCUT2D eigenvalue weighted by Crippen LogP contribution is -2.40. The lowest BCUT2D eigenvalue weighted by atomic mass is 9.89. The molecule has 0 saturated carbocycles. The highest BCUT2D eigenvalue weighted by Crippen LogP contribution is 2.25. The third kappa shape index (κ3) is 4.87. The number of oxazole rings is 1. The molecule has 7 heteroatoms. The molecule has 1 aliphatic rings. The number of amides is 1. The number of carbonyl (C=O) groups is 2. The summed E-state index contributed by atoms with van der Waals surface area (Å²) in [6.07, 6.45) is 3.16. The van der Waals surface area contributed by atoms with Gasteiger partial charge in [-0.15, -0.1) is 0 Å². The minimum absolute atomic E-state index is 0.0293. The number of piperidine rings is 1. The summed E-state index contributed by atoms with van der Waals surface area (Å²) in [5.41, 5.74) is 0.834. The fourth-order valence-electron chi connectivity index (χ4n) is 3.84. The van der Waals surface area contributed by atoms with Gasteiger partial charge in [-0.3, -0.25) is 9.59 Å². The van der Waals surface area contributed by atoms with Crippen LogP contribution >= 0.6 is 0 Å². The Labute approximate surface area is 178 Å². The fraction of sp³-hybridized carbons (Fsp3) is 0.292. The van der Waals surface area contributed by atoms with Gasteiger partial charge in [-0.2, -0.15) is 0 Å². The zero-order valence-electron chi connectivity index (χ0n) is 16.9. The van der Waals surface area contributed by atoms with Gasteiger partial charge < -0.3 is 9.32 Å². The Hall–Kier alpha value is -3.35. The molecule has 0 atom stereocenters. The van der Waals surface area contributed by atoms with Gasteiger partial charge in [-0.25, -0.2) is 13.8 Å². The molecule has 1 amide bonds. The SMILES string of the molecule is O=C(c1ccccc1)C1CCN(C(=O)CCc2ncc(-c3ccc(F)cc3F)o2)CC1. The van der Waals surface area contributed by atoms with Crippen molar-refractivity contribution < 1.29 is 22.8 Å². The van der Waals surface area contributed by atoms with Gasteiger partial charge in [0.15, 0.2) is 17.4 Å². The lowest BCUT2D eigenvalue weighted by molar-refractivity contribution is -0.132. The smallest absolute Gasteiger partial charge is 0.223 e. The van der Waals surface area contributed by atoms with Crippen molar-refractivity contribution in [2.75, 3.05) is 13.1 Å². The lowest BCUT2D eigenvalue weighted by Gasteiger charge is -2.31. The Morgan fingerprint density at radius 1 is 1.06 bits per heavy atom. The van der Waals surface area contributed by atoms with E-state index in [2.05, 4.69) is 4.98 Å². The average molecular weight is 424 g/mol. The third-order valence-corrected chi connectivity index (χ3v) is 5.58. The first-order valence-electron chi connectivity index (χ1n) is 10.3. The summed E-state index contributed by atoms with van der Waals surface area (Å²) >= 11 is 0. The number of hydrogen-bond acceptors (Lipinski definition) is 4. The molecule has 2 aromatic carbocycles. The van der Waals surface area contributed by atoms with Gasteiger partial charge in [0.25, 0.3) is 0 Å². The zero-order chi connectivity index (χ0) is 21.8. The molecule has 5 nitrogen and oxygen atoms in total. The first-order chi connectivity index (χ1) is 15.0. The number of benzene rings is 2. The summed E-state index contributed by atoms with van der Waals surface area (Å²) in [6.45, 7) is 1.08. The number of halogens is 2. The average Bonchev–Trinajstić information content (AvgIpc) is 3.26. The van der Waals surface area contributed by atoms with E-state index in [0.29, 0.717) is 37.4 Å². The van der Waals surface area contributed by atoms with E-state index in [9.17, 15) is 18.4 Å². The molecule has 4 rings (SSSR count). The van der Waals surface area contributed by atoms with E-state index in [1.807, 2.05) is 30.3 Å². The van der Waals surface area contributed by atoms with Crippen molar-refractivity contribution in [2.24, 2.45) is 5.92 Å². The van der Waals surface area contributed by atoms with E-state index < -0.39 is 11.6 Å². The molecule has 0 radical (unpaired) electrons. The quantitative estimate of drug-likeness (QED) is 0.540. The second kappa shape index (κ2) is 9.20. The maximum atomic E-state index is 13.9. The van der Waals surface area contributed by atoms with E-state index in [-0.39, 0.29) is 41.8 Å². The highest BCUT2D eigenvalue weighted by Gasteiger charge is 2.28. The molecule has 1 saturated heterocycles. The monoisotopic (exact) mass is 424 g/mol. The Morgan fingerprint density at radius 2 is 1.81 bits per heavy atom. The van der Waals surface area contributed by atoms with E-state index in [4.69, 9.17) is 4.42 Å². The van der Waals surface area contributed by atoms with E-state index in [0.717, 1.165) is 12.1 Å². The standard InChI is InChI=1S/C24H22F2N2O3/c25-18-6-7-19(20(26)14-18)21-15-27-22(31-21)8-9-23(29)28-12-10-17(11-13-28)24(30)16-4-2-1-3-5-16/h1-7,14-15,17H,8-13H2. The third-order valence-electron chi connectivity index (χ3n) is 5.58. The number of Topliss-reactive ketones (excluding diaryl/α,β-unsaturated/α-hetero) is 1. The first-order valence-corrected chi connectivity index (χ1v) is 10.3. The van der Waals surface area contributed by atoms with Crippen molar-refractivity contribution in [1.82, 2.24) is 9.88 Å². The zero-order valence-corrected chi connectivity index (χ0v) is 16.9. The van der Waals surface area contributed by atoms with E-state index in [1.165, 1.54) is 12.3 Å². The number of aryl methyl sites for hydroxylation is 1. The van der Waals surface area contributed by atoms with Gasteiger partial charge >= 0.3 is 0 Å². The molecule has 1 aliphatic heterocycles. The summed E-state index contributed by atoms with van der Waals surface area (Å²) in [7, 11) is 0. The summed E-state index contributed by atoms with van der Waals surface area (Å²) in [4.78, 5) is 31.0. The van der Waals surface area contributed by atoms with E-state index in [1.54, 1.807) is 4.90 Å². The van der Waals surface area contributed by atoms with Crippen molar-refractivity contribution in [1.29, 1.82) is 0 Å². The Bertz CT molecular complexity index is 1070. The Kier molecular flexibility index (Phi) is 6.21. The number of carbonyl (C=O) groups excluding carboxylic acids is 2. The first kappa shape index (κ1) is 20.9. The molecular weight excluding hydrogens is 402 g/mol.